The number of rotatable bonds is 6. The molecule has 0 atom stereocenters. The fourth-order valence-electron chi connectivity index (χ4n) is 2.65. The minimum atomic E-state index is 0.398. The molecule has 1 saturated carbocycles. The van der Waals surface area contributed by atoms with Gasteiger partial charge in [-0.25, -0.2) is 0 Å². The van der Waals surface area contributed by atoms with Crippen LogP contribution in [0.1, 0.15) is 78.6 Å². The molecule has 0 bridgehead atoms. The molecular weight excluding hydrogens is 196 g/mol. The SMILES string of the molecule is CCCCCCC(=O)C1CCC(C)(C)CC1. The maximum absolute atomic E-state index is 12.0. The van der Waals surface area contributed by atoms with Crippen molar-refractivity contribution >= 4 is 5.78 Å². The molecule has 1 aliphatic carbocycles. The van der Waals surface area contributed by atoms with E-state index in [2.05, 4.69) is 20.8 Å². The van der Waals surface area contributed by atoms with Crippen LogP contribution in [0.3, 0.4) is 0 Å². The van der Waals surface area contributed by atoms with Crippen LogP contribution in [0.15, 0.2) is 0 Å². The fraction of sp³-hybridized carbons (Fsp3) is 0.933. The van der Waals surface area contributed by atoms with Crippen LogP contribution in [0.25, 0.3) is 0 Å². The van der Waals surface area contributed by atoms with Gasteiger partial charge in [-0.3, -0.25) is 4.79 Å². The molecule has 0 aromatic rings. The Morgan fingerprint density at radius 1 is 1.12 bits per heavy atom. The van der Waals surface area contributed by atoms with Crippen molar-refractivity contribution < 1.29 is 4.79 Å². The van der Waals surface area contributed by atoms with Gasteiger partial charge < -0.3 is 0 Å². The number of hydrogen-bond acceptors (Lipinski definition) is 1. The summed E-state index contributed by atoms with van der Waals surface area (Å²) >= 11 is 0. The highest BCUT2D eigenvalue weighted by Crippen LogP contribution is 2.38. The Bertz CT molecular complexity index is 207. The second-order valence-corrected chi connectivity index (χ2v) is 6.22. The molecule has 0 spiro atoms. The van der Waals surface area contributed by atoms with Gasteiger partial charge in [-0.05, 0) is 37.5 Å². The summed E-state index contributed by atoms with van der Waals surface area (Å²) in [5, 5.41) is 0. The van der Waals surface area contributed by atoms with Crippen molar-refractivity contribution in [2.75, 3.05) is 0 Å². The van der Waals surface area contributed by atoms with Crippen molar-refractivity contribution in [3.8, 4) is 0 Å². The van der Waals surface area contributed by atoms with Gasteiger partial charge >= 0.3 is 0 Å². The van der Waals surface area contributed by atoms with Gasteiger partial charge in [-0.15, -0.1) is 0 Å². The topological polar surface area (TPSA) is 17.1 Å². The molecule has 16 heavy (non-hydrogen) atoms. The van der Waals surface area contributed by atoms with Crippen LogP contribution >= 0.6 is 0 Å². The first-order valence-electron chi connectivity index (χ1n) is 7.08. The predicted octanol–water partition coefficient (Wildman–Crippen LogP) is 4.74. The second kappa shape index (κ2) is 6.42. The normalized spacial score (nSPS) is 20.9. The van der Waals surface area contributed by atoms with Gasteiger partial charge in [0.15, 0.2) is 0 Å². The van der Waals surface area contributed by atoms with E-state index in [0.29, 0.717) is 17.1 Å². The Labute approximate surface area is 101 Å². The van der Waals surface area contributed by atoms with Gasteiger partial charge in [0.25, 0.3) is 0 Å². The summed E-state index contributed by atoms with van der Waals surface area (Å²) in [5.41, 5.74) is 0.485. The van der Waals surface area contributed by atoms with Crippen molar-refractivity contribution in [2.45, 2.75) is 78.6 Å². The zero-order valence-electron chi connectivity index (χ0n) is 11.3. The van der Waals surface area contributed by atoms with Gasteiger partial charge in [0.2, 0.25) is 0 Å². The lowest BCUT2D eigenvalue weighted by molar-refractivity contribution is -0.124. The summed E-state index contributed by atoms with van der Waals surface area (Å²) in [5.74, 6) is 0.946. The van der Waals surface area contributed by atoms with Crippen molar-refractivity contribution in [3.63, 3.8) is 0 Å². The minimum Gasteiger partial charge on any atom is -0.299 e. The number of hydrogen-bond donors (Lipinski definition) is 0. The molecule has 0 saturated heterocycles. The molecule has 0 unspecified atom stereocenters. The van der Waals surface area contributed by atoms with E-state index in [-0.39, 0.29) is 0 Å². The molecule has 1 heteroatoms. The third-order valence-electron chi connectivity index (χ3n) is 4.07. The molecule has 1 fully saturated rings. The van der Waals surface area contributed by atoms with Crippen molar-refractivity contribution in [1.82, 2.24) is 0 Å². The Kier molecular flexibility index (Phi) is 5.51. The molecule has 0 amide bonds. The second-order valence-electron chi connectivity index (χ2n) is 6.22. The van der Waals surface area contributed by atoms with E-state index in [0.717, 1.165) is 25.7 Å². The Morgan fingerprint density at radius 2 is 1.75 bits per heavy atom. The van der Waals surface area contributed by atoms with Crippen LogP contribution in [0, 0.1) is 11.3 Å². The van der Waals surface area contributed by atoms with Crippen LogP contribution < -0.4 is 0 Å². The number of Topliss-reactive ketones (excluding diaryl/α,β-unsaturated/α-hetero) is 1. The number of carbonyl (C=O) groups excluding carboxylic acids is 1. The Hall–Kier alpha value is -0.330. The molecule has 0 aromatic heterocycles. The lowest BCUT2D eigenvalue weighted by Gasteiger charge is -2.33. The zero-order valence-corrected chi connectivity index (χ0v) is 11.3. The van der Waals surface area contributed by atoms with Gasteiger partial charge in [0.05, 0.1) is 0 Å². The summed E-state index contributed by atoms with van der Waals surface area (Å²) in [4.78, 5) is 12.0. The van der Waals surface area contributed by atoms with Crippen LogP contribution in [0.5, 0.6) is 0 Å². The third-order valence-corrected chi connectivity index (χ3v) is 4.07. The van der Waals surface area contributed by atoms with Gasteiger partial charge in [-0.2, -0.15) is 0 Å². The minimum absolute atomic E-state index is 0.398. The highest BCUT2D eigenvalue weighted by molar-refractivity contribution is 5.81. The van der Waals surface area contributed by atoms with E-state index in [1.54, 1.807) is 0 Å². The van der Waals surface area contributed by atoms with Crippen LogP contribution in [0.4, 0.5) is 0 Å². The highest BCUT2D eigenvalue weighted by atomic mass is 16.1. The Morgan fingerprint density at radius 3 is 2.31 bits per heavy atom. The largest absolute Gasteiger partial charge is 0.299 e. The summed E-state index contributed by atoms with van der Waals surface area (Å²) in [6.45, 7) is 6.87. The molecule has 0 N–H and O–H groups in total. The Balaban J connectivity index is 2.18. The predicted molar refractivity (Wildman–Crippen MR) is 69.5 cm³/mol. The number of carbonyl (C=O) groups is 1. The quantitative estimate of drug-likeness (QED) is 0.595. The monoisotopic (exact) mass is 224 g/mol. The third kappa shape index (κ3) is 4.67. The molecular formula is C15H28O. The molecule has 1 nitrogen and oxygen atoms in total. The van der Waals surface area contributed by atoms with Gasteiger partial charge in [-0.1, -0.05) is 40.0 Å². The van der Waals surface area contributed by atoms with E-state index < -0.39 is 0 Å². The molecule has 0 aromatic carbocycles. The van der Waals surface area contributed by atoms with Crippen molar-refractivity contribution in [2.24, 2.45) is 11.3 Å². The molecule has 94 valence electrons. The molecule has 1 rings (SSSR count). The van der Waals surface area contributed by atoms with E-state index in [4.69, 9.17) is 0 Å². The molecule has 0 radical (unpaired) electrons. The fourth-order valence-corrected chi connectivity index (χ4v) is 2.65. The number of ketones is 1. The average molecular weight is 224 g/mol. The van der Waals surface area contributed by atoms with E-state index in [1.807, 2.05) is 0 Å². The van der Waals surface area contributed by atoms with E-state index >= 15 is 0 Å². The summed E-state index contributed by atoms with van der Waals surface area (Å²) in [6, 6.07) is 0. The van der Waals surface area contributed by atoms with Crippen molar-refractivity contribution in [1.29, 1.82) is 0 Å². The van der Waals surface area contributed by atoms with Gasteiger partial charge in [0.1, 0.15) is 5.78 Å². The molecule has 0 heterocycles. The van der Waals surface area contributed by atoms with Crippen LogP contribution in [-0.2, 0) is 4.79 Å². The summed E-state index contributed by atoms with van der Waals surface area (Å²) in [7, 11) is 0. The van der Waals surface area contributed by atoms with Crippen LogP contribution in [-0.4, -0.2) is 5.78 Å². The first-order valence-corrected chi connectivity index (χ1v) is 7.08. The lowest BCUT2D eigenvalue weighted by atomic mass is 9.71. The maximum atomic E-state index is 12.0. The lowest BCUT2D eigenvalue weighted by Crippen LogP contribution is -2.26. The highest BCUT2D eigenvalue weighted by Gasteiger charge is 2.29. The standard InChI is InChI=1S/C15H28O/c1-4-5-6-7-8-14(16)13-9-11-15(2,3)12-10-13/h13H,4-12H2,1-3H3. The smallest absolute Gasteiger partial charge is 0.135 e. The first-order chi connectivity index (χ1) is 7.55. The molecule has 1 aliphatic rings. The summed E-state index contributed by atoms with van der Waals surface area (Å²) in [6.07, 6.45) is 10.5. The molecule has 0 aliphatic heterocycles. The maximum Gasteiger partial charge on any atom is 0.135 e. The van der Waals surface area contributed by atoms with E-state index in [9.17, 15) is 4.79 Å². The first kappa shape index (κ1) is 13.7. The number of unbranched alkanes of at least 4 members (excludes halogenated alkanes) is 3. The average Bonchev–Trinajstić information content (AvgIpc) is 2.24. The summed E-state index contributed by atoms with van der Waals surface area (Å²) < 4.78 is 0. The van der Waals surface area contributed by atoms with E-state index in [1.165, 1.54) is 32.1 Å². The van der Waals surface area contributed by atoms with Crippen LogP contribution in [0.2, 0.25) is 0 Å². The van der Waals surface area contributed by atoms with Crippen molar-refractivity contribution in [3.05, 3.63) is 0 Å². The van der Waals surface area contributed by atoms with Gasteiger partial charge in [0, 0.05) is 12.3 Å². The zero-order chi connectivity index (χ0) is 12.0.